The van der Waals surface area contributed by atoms with Gasteiger partial charge in [-0.25, -0.2) is 13.1 Å². The fourth-order valence-corrected chi connectivity index (χ4v) is 4.24. The van der Waals surface area contributed by atoms with E-state index in [1.807, 2.05) is 16.8 Å². The molecule has 6 nitrogen and oxygen atoms in total. The van der Waals surface area contributed by atoms with E-state index in [-0.39, 0.29) is 23.4 Å². The number of sulfonamides is 1. The van der Waals surface area contributed by atoms with E-state index >= 15 is 0 Å². The van der Waals surface area contributed by atoms with Crippen LogP contribution in [0.1, 0.15) is 22.3 Å². The van der Waals surface area contributed by atoms with Crippen LogP contribution in [0.2, 0.25) is 0 Å². The molecule has 1 aromatic carbocycles. The third-order valence-electron chi connectivity index (χ3n) is 3.85. The minimum absolute atomic E-state index is 0.0921. The van der Waals surface area contributed by atoms with Crippen LogP contribution in [0.5, 0.6) is 0 Å². The summed E-state index contributed by atoms with van der Waals surface area (Å²) in [6, 6.07) is 8.07. The molecule has 0 bridgehead atoms. The Morgan fingerprint density at radius 2 is 2.21 bits per heavy atom. The number of nitrogens with one attached hydrogen (secondary N) is 3. The fourth-order valence-electron chi connectivity index (χ4n) is 2.51. The van der Waals surface area contributed by atoms with Gasteiger partial charge in [-0.2, -0.15) is 11.3 Å². The van der Waals surface area contributed by atoms with E-state index in [1.54, 1.807) is 12.1 Å². The van der Waals surface area contributed by atoms with E-state index in [1.165, 1.54) is 23.5 Å². The lowest BCUT2D eigenvalue weighted by atomic mass is 10.2. The van der Waals surface area contributed by atoms with Crippen LogP contribution in [-0.4, -0.2) is 33.5 Å². The van der Waals surface area contributed by atoms with Crippen molar-refractivity contribution in [3.8, 4) is 0 Å². The lowest BCUT2D eigenvalue weighted by Gasteiger charge is -2.12. The average molecular weight is 365 g/mol. The fraction of sp³-hybridized carbons (Fsp3) is 0.312. The Kier molecular flexibility index (Phi) is 5.30. The highest BCUT2D eigenvalue weighted by atomic mass is 32.2. The zero-order valence-electron chi connectivity index (χ0n) is 13.0. The van der Waals surface area contributed by atoms with E-state index in [0.29, 0.717) is 5.56 Å². The van der Waals surface area contributed by atoms with Crippen LogP contribution >= 0.6 is 11.3 Å². The van der Waals surface area contributed by atoms with Crippen LogP contribution in [-0.2, 0) is 16.6 Å². The summed E-state index contributed by atoms with van der Waals surface area (Å²) in [4.78, 5) is 12.4. The van der Waals surface area contributed by atoms with Crippen molar-refractivity contribution in [2.45, 2.75) is 23.9 Å². The van der Waals surface area contributed by atoms with Gasteiger partial charge in [-0.1, -0.05) is 6.07 Å². The first-order valence-corrected chi connectivity index (χ1v) is 10.1. The molecule has 0 radical (unpaired) electrons. The maximum atomic E-state index is 12.4. The molecule has 2 aromatic rings. The van der Waals surface area contributed by atoms with Gasteiger partial charge in [-0.05, 0) is 53.6 Å². The molecule has 24 heavy (non-hydrogen) atoms. The standard InChI is InChI=1S/C16H19N3O3S2/c20-16(19-14-4-6-17-10-14)13-2-1-3-15(8-13)24(21,22)18-9-12-5-7-23-11-12/h1-3,5,7-8,11,14,17-18H,4,6,9-10H2,(H,19,20). The third kappa shape index (κ3) is 4.21. The Hall–Kier alpha value is -1.74. The molecule has 3 rings (SSSR count). The van der Waals surface area contributed by atoms with Gasteiger partial charge in [0, 0.05) is 24.7 Å². The molecule has 1 aromatic heterocycles. The van der Waals surface area contributed by atoms with Gasteiger partial charge < -0.3 is 10.6 Å². The molecule has 1 fully saturated rings. The molecule has 1 amide bonds. The quantitative estimate of drug-likeness (QED) is 0.720. The van der Waals surface area contributed by atoms with E-state index < -0.39 is 10.0 Å². The molecule has 128 valence electrons. The van der Waals surface area contributed by atoms with Crippen LogP contribution in [0.3, 0.4) is 0 Å². The molecule has 0 spiro atoms. The maximum absolute atomic E-state index is 12.4. The second-order valence-electron chi connectivity index (χ2n) is 5.65. The Morgan fingerprint density at radius 1 is 1.33 bits per heavy atom. The second kappa shape index (κ2) is 7.43. The van der Waals surface area contributed by atoms with Gasteiger partial charge in [0.2, 0.25) is 10.0 Å². The predicted molar refractivity (Wildman–Crippen MR) is 93.5 cm³/mol. The molecule has 3 N–H and O–H groups in total. The number of thiophene rings is 1. The second-order valence-corrected chi connectivity index (χ2v) is 8.19. The summed E-state index contributed by atoms with van der Waals surface area (Å²) >= 11 is 1.51. The van der Waals surface area contributed by atoms with E-state index in [0.717, 1.165) is 25.1 Å². The van der Waals surface area contributed by atoms with Crippen molar-refractivity contribution in [1.82, 2.24) is 15.4 Å². The first-order chi connectivity index (χ1) is 11.5. The molecular weight excluding hydrogens is 346 g/mol. The molecule has 1 aliphatic heterocycles. The number of carbonyl (C=O) groups is 1. The van der Waals surface area contributed by atoms with Gasteiger partial charge in [-0.3, -0.25) is 4.79 Å². The van der Waals surface area contributed by atoms with Crippen LogP contribution in [0, 0.1) is 0 Å². The van der Waals surface area contributed by atoms with E-state index in [2.05, 4.69) is 15.4 Å². The predicted octanol–water partition coefficient (Wildman–Crippen LogP) is 1.32. The molecule has 1 unspecified atom stereocenters. The monoisotopic (exact) mass is 365 g/mol. The summed E-state index contributed by atoms with van der Waals surface area (Å²) in [7, 11) is -3.66. The molecule has 0 aliphatic carbocycles. The molecule has 2 heterocycles. The number of hydrogen-bond acceptors (Lipinski definition) is 5. The molecule has 1 saturated heterocycles. The number of hydrogen-bond donors (Lipinski definition) is 3. The lowest BCUT2D eigenvalue weighted by Crippen LogP contribution is -2.36. The van der Waals surface area contributed by atoms with Crippen LogP contribution in [0.4, 0.5) is 0 Å². The zero-order chi connectivity index (χ0) is 17.0. The Morgan fingerprint density at radius 3 is 2.92 bits per heavy atom. The Balaban J connectivity index is 1.70. The van der Waals surface area contributed by atoms with E-state index in [4.69, 9.17) is 0 Å². The number of carbonyl (C=O) groups excluding carboxylic acids is 1. The van der Waals surface area contributed by atoms with Gasteiger partial charge in [0.25, 0.3) is 5.91 Å². The van der Waals surface area contributed by atoms with Crippen molar-refractivity contribution < 1.29 is 13.2 Å². The van der Waals surface area contributed by atoms with Crippen LogP contribution < -0.4 is 15.4 Å². The summed E-state index contributed by atoms with van der Waals surface area (Å²) in [5, 5.41) is 9.87. The van der Waals surface area contributed by atoms with Gasteiger partial charge in [0.1, 0.15) is 0 Å². The van der Waals surface area contributed by atoms with E-state index in [9.17, 15) is 13.2 Å². The summed E-state index contributed by atoms with van der Waals surface area (Å²) in [5.41, 5.74) is 1.26. The largest absolute Gasteiger partial charge is 0.348 e. The summed E-state index contributed by atoms with van der Waals surface area (Å²) < 4.78 is 27.3. The molecule has 1 atom stereocenters. The van der Waals surface area contributed by atoms with Crippen LogP contribution in [0.15, 0.2) is 46.0 Å². The number of benzene rings is 1. The highest BCUT2D eigenvalue weighted by molar-refractivity contribution is 7.89. The van der Waals surface area contributed by atoms with Crippen molar-refractivity contribution in [2.75, 3.05) is 13.1 Å². The number of amides is 1. The van der Waals surface area contributed by atoms with Crippen molar-refractivity contribution in [3.05, 3.63) is 52.2 Å². The molecule has 8 heteroatoms. The van der Waals surface area contributed by atoms with Crippen molar-refractivity contribution in [2.24, 2.45) is 0 Å². The zero-order valence-corrected chi connectivity index (χ0v) is 14.6. The first-order valence-electron chi connectivity index (χ1n) is 7.67. The highest BCUT2D eigenvalue weighted by Crippen LogP contribution is 2.14. The lowest BCUT2D eigenvalue weighted by molar-refractivity contribution is 0.0940. The van der Waals surface area contributed by atoms with Crippen molar-refractivity contribution in [1.29, 1.82) is 0 Å². The van der Waals surface area contributed by atoms with Crippen molar-refractivity contribution >= 4 is 27.3 Å². The summed E-state index contributed by atoms with van der Waals surface area (Å²) in [5.74, 6) is -0.251. The Labute approximate surface area is 145 Å². The van der Waals surface area contributed by atoms with Gasteiger partial charge >= 0.3 is 0 Å². The summed E-state index contributed by atoms with van der Waals surface area (Å²) in [6.45, 7) is 1.85. The maximum Gasteiger partial charge on any atom is 0.251 e. The summed E-state index contributed by atoms with van der Waals surface area (Å²) in [6.07, 6.45) is 0.881. The number of rotatable bonds is 6. The van der Waals surface area contributed by atoms with Gasteiger partial charge in [0.05, 0.1) is 4.90 Å². The normalized spacial score (nSPS) is 17.8. The molecule has 1 aliphatic rings. The minimum atomic E-state index is -3.66. The SMILES string of the molecule is O=C(NC1CCNC1)c1cccc(S(=O)(=O)NCc2ccsc2)c1. The third-order valence-corrected chi connectivity index (χ3v) is 5.98. The minimum Gasteiger partial charge on any atom is -0.348 e. The average Bonchev–Trinajstić information content (AvgIpc) is 3.27. The van der Waals surface area contributed by atoms with Gasteiger partial charge in [-0.15, -0.1) is 0 Å². The first kappa shape index (κ1) is 17.1. The van der Waals surface area contributed by atoms with Crippen LogP contribution in [0.25, 0.3) is 0 Å². The molecular formula is C16H19N3O3S2. The highest BCUT2D eigenvalue weighted by Gasteiger charge is 2.20. The van der Waals surface area contributed by atoms with Gasteiger partial charge in [0.15, 0.2) is 0 Å². The molecule has 0 saturated carbocycles. The smallest absolute Gasteiger partial charge is 0.251 e. The topological polar surface area (TPSA) is 87.3 Å². The van der Waals surface area contributed by atoms with Crippen molar-refractivity contribution in [3.63, 3.8) is 0 Å². The Bertz CT molecular complexity index is 798.